The van der Waals surface area contributed by atoms with E-state index in [4.69, 9.17) is 0 Å². The number of hydrogen-bond donors (Lipinski definition) is 0. The zero-order valence-corrected chi connectivity index (χ0v) is 19.7. The quantitative estimate of drug-likeness (QED) is 0.231. The Bertz CT molecular complexity index is 596. The van der Waals surface area contributed by atoms with Crippen molar-refractivity contribution in [3.63, 3.8) is 0 Å². The van der Waals surface area contributed by atoms with Gasteiger partial charge in [-0.2, -0.15) is 10.5 Å². The second kappa shape index (κ2) is 10.5. The second-order valence-electron chi connectivity index (χ2n) is 8.45. The van der Waals surface area contributed by atoms with Gasteiger partial charge < -0.3 is 0 Å². The number of hydrogen-bond acceptors (Lipinski definition) is 0. The third-order valence-electron chi connectivity index (χ3n) is 5.86. The molecule has 0 radical (unpaired) electrons. The molecule has 1 rings (SSSR count). The van der Waals surface area contributed by atoms with Crippen LogP contribution in [0.2, 0.25) is 10.6 Å². The van der Waals surface area contributed by atoms with E-state index in [0.717, 1.165) is 12.8 Å². The lowest BCUT2D eigenvalue weighted by Gasteiger charge is -2.51. The fraction of sp³-hybridized carbons (Fsp3) is 0.542. The molecular weight excluding hydrogens is 348 g/mol. The molecule has 2 heteroatoms. The minimum atomic E-state index is -1.91. The molecule has 0 amide bonds. The van der Waals surface area contributed by atoms with Crippen molar-refractivity contribution in [2.24, 2.45) is 5.92 Å². The van der Waals surface area contributed by atoms with E-state index in [1.807, 2.05) is 0 Å². The average Bonchev–Trinajstić information content (AvgIpc) is 2.60. The van der Waals surface area contributed by atoms with Gasteiger partial charge in [-0.1, -0.05) is 94.1 Å². The molecule has 1 aromatic rings. The number of allylic oxidation sites excluding steroid dienone is 2. The summed E-state index contributed by atoms with van der Waals surface area (Å²) in [5.41, 5.74) is 0.563. The van der Waals surface area contributed by atoms with E-state index >= 15 is 0 Å². The Morgan fingerprint density at radius 1 is 1.12 bits per heavy atom. The van der Waals surface area contributed by atoms with Gasteiger partial charge in [0.1, 0.15) is 8.07 Å². The van der Waals surface area contributed by atoms with E-state index in [2.05, 4.69) is 102 Å². The van der Waals surface area contributed by atoms with Gasteiger partial charge in [-0.15, -0.1) is 13.2 Å². The van der Waals surface area contributed by atoms with Gasteiger partial charge in [-0.05, 0) is 41.0 Å². The van der Waals surface area contributed by atoms with Crippen molar-refractivity contribution in [2.45, 2.75) is 64.5 Å². The van der Waals surface area contributed by atoms with Crippen molar-refractivity contribution in [2.75, 3.05) is 11.6 Å². The van der Waals surface area contributed by atoms with Crippen molar-refractivity contribution >= 4 is 29.1 Å². The lowest BCUT2D eigenvalue weighted by atomic mass is 9.98. The third-order valence-corrected chi connectivity index (χ3v) is 16.3. The van der Waals surface area contributed by atoms with Gasteiger partial charge in [-0.25, -0.2) is 0 Å². The first-order valence-corrected chi connectivity index (χ1v) is 14.2. The highest BCUT2D eigenvalue weighted by atomic mass is 32.2. The molecule has 0 bridgehead atoms. The molecule has 0 N–H and O–H groups in total. The maximum absolute atomic E-state index is 4.36. The van der Waals surface area contributed by atoms with Crippen LogP contribution in [0.1, 0.15) is 53.9 Å². The first-order valence-electron chi connectivity index (χ1n) is 10.0. The van der Waals surface area contributed by atoms with Gasteiger partial charge >= 0.3 is 0 Å². The number of benzene rings is 1. The molecule has 0 saturated heterocycles. The molecule has 0 aromatic heterocycles. The Morgan fingerprint density at radius 3 is 2.15 bits per heavy atom. The summed E-state index contributed by atoms with van der Waals surface area (Å²) in [5, 5.41) is 5.72. The van der Waals surface area contributed by atoms with E-state index in [0.29, 0.717) is 21.9 Å². The largest absolute Gasteiger partial charge is 0.195 e. The molecule has 0 aliphatic rings. The number of rotatable bonds is 10. The Morgan fingerprint density at radius 2 is 1.73 bits per heavy atom. The van der Waals surface area contributed by atoms with Crippen molar-refractivity contribution in [1.29, 1.82) is 0 Å². The maximum Gasteiger partial charge on any atom is 0.108 e. The van der Waals surface area contributed by atoms with Crippen molar-refractivity contribution in [1.82, 2.24) is 0 Å². The summed E-state index contributed by atoms with van der Waals surface area (Å²) in [4.78, 5) is 0. The molecule has 0 fully saturated rings. The summed E-state index contributed by atoms with van der Waals surface area (Å²) in [6, 6.07) is 11.4. The minimum Gasteiger partial charge on any atom is -0.195 e. The highest BCUT2D eigenvalue weighted by molar-refractivity contribution is 8.15. The predicted molar refractivity (Wildman–Crippen MR) is 129 cm³/mol. The van der Waals surface area contributed by atoms with E-state index in [-0.39, 0.29) is 5.04 Å². The molecule has 0 aliphatic carbocycles. The van der Waals surface area contributed by atoms with Crippen molar-refractivity contribution in [3.05, 3.63) is 55.6 Å². The highest BCUT2D eigenvalue weighted by Gasteiger charge is 2.52. The third kappa shape index (κ3) is 5.10. The minimum absolute atomic E-state index is 0.268. The van der Waals surface area contributed by atoms with E-state index in [9.17, 15) is 0 Å². The van der Waals surface area contributed by atoms with Gasteiger partial charge in [0.2, 0.25) is 0 Å². The fourth-order valence-corrected chi connectivity index (χ4v) is 16.2. The van der Waals surface area contributed by atoms with Crippen LogP contribution in [0.25, 0.3) is 0 Å². The van der Waals surface area contributed by atoms with Gasteiger partial charge in [-0.3, -0.25) is 0 Å². The molecular formula is C24H40SSi. The zero-order chi connectivity index (χ0) is 19.8. The molecule has 4 unspecified atom stereocenters. The summed E-state index contributed by atoms with van der Waals surface area (Å²) >= 11 is 0. The molecule has 1 aromatic carbocycles. The standard InChI is InChI=1S/C24H40SSi/c1-9-16-21(11-3)23(12-4)26(24(5,6)7,20-25(8)19-10-2)22-17-14-13-15-18-22/h9,12-15,17-19,21,23H,1,4,10-11,16,20H2,2-3,5-8H3. The fourth-order valence-electron chi connectivity index (χ4n) is 4.54. The Balaban J connectivity index is 3.73. The van der Waals surface area contributed by atoms with Crippen LogP contribution in [-0.4, -0.2) is 25.1 Å². The summed E-state index contributed by atoms with van der Waals surface area (Å²) in [6.45, 7) is 20.5. The highest BCUT2D eigenvalue weighted by Crippen LogP contribution is 2.50. The van der Waals surface area contributed by atoms with Crippen LogP contribution in [-0.2, 0) is 0 Å². The van der Waals surface area contributed by atoms with Gasteiger partial charge in [0.25, 0.3) is 0 Å². The Hall–Kier alpha value is -0.863. The first-order chi connectivity index (χ1) is 12.3. The van der Waals surface area contributed by atoms with Gasteiger partial charge in [0.05, 0.1) is 0 Å². The van der Waals surface area contributed by atoms with Crippen LogP contribution < -0.4 is 5.19 Å². The van der Waals surface area contributed by atoms with Crippen LogP contribution in [0.15, 0.2) is 55.6 Å². The van der Waals surface area contributed by atoms with E-state index in [1.54, 1.807) is 5.19 Å². The lowest BCUT2D eigenvalue weighted by molar-refractivity contribution is 0.501. The van der Waals surface area contributed by atoms with E-state index < -0.39 is 8.07 Å². The smallest absolute Gasteiger partial charge is 0.108 e. The topological polar surface area (TPSA) is 0 Å². The summed E-state index contributed by atoms with van der Waals surface area (Å²) in [5.74, 6) is 0.634. The maximum atomic E-state index is 4.36. The van der Waals surface area contributed by atoms with Crippen LogP contribution >= 0.6 is 10.5 Å². The molecule has 0 nitrogen and oxygen atoms in total. The predicted octanol–water partition coefficient (Wildman–Crippen LogP) is 6.95. The van der Waals surface area contributed by atoms with Crippen LogP contribution in [0.5, 0.6) is 0 Å². The van der Waals surface area contributed by atoms with Crippen molar-refractivity contribution in [3.8, 4) is 0 Å². The summed E-state index contributed by atoms with van der Waals surface area (Å²) in [7, 11) is -1.58. The Kier molecular flexibility index (Phi) is 9.33. The Labute approximate surface area is 166 Å². The molecule has 0 saturated carbocycles. The average molecular weight is 389 g/mol. The summed E-state index contributed by atoms with van der Waals surface area (Å²) < 4.78 is 0. The molecule has 26 heavy (non-hydrogen) atoms. The van der Waals surface area contributed by atoms with Gasteiger partial charge in [0.15, 0.2) is 0 Å². The SMILES string of the molecule is C=CCC(CC)C(C=C)[Si](CS(C)=CCC)(c1ccccc1)C(C)(C)C. The monoisotopic (exact) mass is 388 g/mol. The molecule has 0 aliphatic heterocycles. The zero-order valence-electron chi connectivity index (χ0n) is 17.9. The lowest BCUT2D eigenvalue weighted by Crippen LogP contribution is -2.62. The molecule has 4 atom stereocenters. The molecule has 0 heterocycles. The van der Waals surface area contributed by atoms with Gasteiger partial charge in [0, 0.05) is 0 Å². The normalized spacial score (nSPS) is 17.9. The molecule has 146 valence electrons. The van der Waals surface area contributed by atoms with Crippen LogP contribution in [0.4, 0.5) is 0 Å². The summed E-state index contributed by atoms with van der Waals surface area (Å²) in [6.07, 6.45) is 10.3. The second-order valence-corrected chi connectivity index (χ2v) is 16.0. The van der Waals surface area contributed by atoms with Crippen LogP contribution in [0.3, 0.4) is 0 Å². The first kappa shape index (κ1) is 23.2. The van der Waals surface area contributed by atoms with E-state index in [1.165, 1.54) is 11.8 Å². The van der Waals surface area contributed by atoms with Crippen molar-refractivity contribution < 1.29 is 0 Å². The molecule has 0 spiro atoms. The van der Waals surface area contributed by atoms with Crippen LogP contribution in [0, 0.1) is 5.92 Å².